The first-order chi connectivity index (χ1) is 13.4. The molecular formula is C17H25FN4O5S. The summed E-state index contributed by atoms with van der Waals surface area (Å²) in [5.41, 5.74) is 2.74. The average Bonchev–Trinajstić information content (AvgIpc) is 2.99. The Bertz CT molecular complexity index is 745. The number of nitrogens with zero attached hydrogens (tertiary/aromatic N) is 2. The van der Waals surface area contributed by atoms with Crippen molar-refractivity contribution in [2.45, 2.75) is 25.4 Å². The van der Waals surface area contributed by atoms with Crippen molar-refractivity contribution < 1.29 is 27.2 Å². The Morgan fingerprint density at radius 2 is 1.75 bits per heavy atom. The first kappa shape index (κ1) is 20.9. The van der Waals surface area contributed by atoms with E-state index >= 15 is 0 Å². The van der Waals surface area contributed by atoms with Gasteiger partial charge in [-0.05, 0) is 43.5 Å². The first-order valence-corrected chi connectivity index (χ1v) is 10.7. The molecule has 0 saturated carbocycles. The summed E-state index contributed by atoms with van der Waals surface area (Å²) >= 11 is 0. The predicted octanol–water partition coefficient (Wildman–Crippen LogP) is 1.31. The zero-order chi connectivity index (χ0) is 20.0. The van der Waals surface area contributed by atoms with Crippen molar-refractivity contribution in [3.05, 3.63) is 30.1 Å². The third-order valence-electron chi connectivity index (χ3n) is 4.66. The Hall–Kier alpha value is -1.79. The van der Waals surface area contributed by atoms with Crippen LogP contribution in [0, 0.1) is 5.82 Å². The van der Waals surface area contributed by atoms with Gasteiger partial charge in [-0.2, -0.15) is 17.0 Å². The fourth-order valence-electron chi connectivity index (χ4n) is 3.12. The van der Waals surface area contributed by atoms with Crippen LogP contribution in [0.25, 0.3) is 0 Å². The fourth-order valence-corrected chi connectivity index (χ4v) is 4.79. The molecule has 0 aliphatic carbocycles. The smallest absolute Gasteiger partial charge is 0.343 e. The molecule has 0 unspecified atom stereocenters. The number of amides is 2. The van der Waals surface area contributed by atoms with Gasteiger partial charge in [0.15, 0.2) is 0 Å². The van der Waals surface area contributed by atoms with Crippen molar-refractivity contribution in [3.8, 4) is 0 Å². The number of hydroxylamine groups is 1. The topological polar surface area (TPSA) is 100 Å². The lowest BCUT2D eigenvalue weighted by Gasteiger charge is -2.34. The number of urea groups is 1. The molecular weight excluding hydrogens is 391 g/mol. The minimum Gasteiger partial charge on any atom is -0.380 e. The van der Waals surface area contributed by atoms with E-state index in [-0.39, 0.29) is 6.10 Å². The summed E-state index contributed by atoms with van der Waals surface area (Å²) in [6, 6.07) is 4.77. The molecule has 0 aromatic heterocycles. The third-order valence-corrected chi connectivity index (χ3v) is 6.69. The highest BCUT2D eigenvalue weighted by atomic mass is 32.2. The van der Waals surface area contributed by atoms with Crippen LogP contribution < -0.4 is 10.8 Å². The van der Waals surface area contributed by atoms with E-state index in [2.05, 4.69) is 10.8 Å². The highest BCUT2D eigenvalue weighted by Crippen LogP contribution is 2.19. The Labute approximate surface area is 163 Å². The van der Waals surface area contributed by atoms with Gasteiger partial charge < -0.3 is 10.1 Å². The zero-order valence-electron chi connectivity index (χ0n) is 15.5. The minimum absolute atomic E-state index is 0.280. The minimum atomic E-state index is -3.51. The number of hydrogen-bond donors (Lipinski definition) is 2. The number of halogens is 1. The number of anilines is 1. The number of hydrogen-bond acceptors (Lipinski definition) is 5. The van der Waals surface area contributed by atoms with Gasteiger partial charge in [-0.25, -0.2) is 14.7 Å². The Kier molecular flexibility index (Phi) is 7.18. The van der Waals surface area contributed by atoms with Gasteiger partial charge in [0.2, 0.25) is 0 Å². The van der Waals surface area contributed by atoms with Crippen LogP contribution in [-0.2, 0) is 19.8 Å². The van der Waals surface area contributed by atoms with Crippen molar-refractivity contribution in [1.82, 2.24) is 14.1 Å². The normalized spacial score (nSPS) is 20.5. The van der Waals surface area contributed by atoms with Crippen LogP contribution in [0.2, 0.25) is 0 Å². The second kappa shape index (κ2) is 9.61. The summed E-state index contributed by atoms with van der Waals surface area (Å²) in [7, 11) is -3.51. The lowest BCUT2D eigenvalue weighted by Crippen LogP contribution is -2.49. The van der Waals surface area contributed by atoms with Crippen LogP contribution in [0.3, 0.4) is 0 Å². The standard InChI is InChI=1S/C17H25FN4O5S/c18-14-2-4-15(5-3-14)19-17(23)20-27-16-6-9-22(10-7-16)28(24,25)21-8-1-12-26-13-11-21/h2-5,16H,1,6-13H2,(H2,19,20,23). The van der Waals surface area contributed by atoms with Crippen LogP contribution >= 0.6 is 0 Å². The second-order valence-corrected chi connectivity index (χ2v) is 8.58. The molecule has 2 amide bonds. The summed E-state index contributed by atoms with van der Waals surface area (Å²) in [5, 5.41) is 2.52. The second-order valence-electron chi connectivity index (χ2n) is 6.65. The molecule has 0 bridgehead atoms. The Morgan fingerprint density at radius 3 is 2.46 bits per heavy atom. The molecule has 156 valence electrons. The molecule has 1 aromatic carbocycles. The number of rotatable bonds is 5. The fraction of sp³-hybridized carbons (Fsp3) is 0.588. The number of piperidine rings is 1. The molecule has 28 heavy (non-hydrogen) atoms. The number of nitrogens with one attached hydrogen (secondary N) is 2. The van der Waals surface area contributed by atoms with E-state index in [1.165, 1.54) is 32.9 Å². The summed E-state index contributed by atoms with van der Waals surface area (Å²) in [6.45, 7) is 2.46. The van der Waals surface area contributed by atoms with Gasteiger partial charge in [0.25, 0.3) is 10.2 Å². The van der Waals surface area contributed by atoms with Crippen LogP contribution in [0.15, 0.2) is 24.3 Å². The average molecular weight is 416 g/mol. The largest absolute Gasteiger partial charge is 0.380 e. The molecule has 2 aliphatic rings. The lowest BCUT2D eigenvalue weighted by atomic mass is 10.1. The summed E-state index contributed by atoms with van der Waals surface area (Å²) in [4.78, 5) is 17.2. The maximum atomic E-state index is 12.9. The molecule has 0 atom stereocenters. The maximum Gasteiger partial charge on any atom is 0.343 e. The molecule has 2 fully saturated rings. The number of carbonyl (C=O) groups excluding carboxylic acids is 1. The number of carbonyl (C=O) groups is 1. The van der Waals surface area contributed by atoms with E-state index in [0.717, 1.165) is 0 Å². The van der Waals surface area contributed by atoms with Crippen LogP contribution in [0.4, 0.5) is 14.9 Å². The van der Waals surface area contributed by atoms with Gasteiger partial charge in [0.1, 0.15) is 5.82 Å². The molecule has 9 nitrogen and oxygen atoms in total. The van der Waals surface area contributed by atoms with Crippen LogP contribution in [-0.4, -0.2) is 68.6 Å². The van der Waals surface area contributed by atoms with Crippen LogP contribution in [0.1, 0.15) is 19.3 Å². The maximum absolute atomic E-state index is 12.9. The molecule has 2 N–H and O–H groups in total. The van der Waals surface area contributed by atoms with Crippen molar-refractivity contribution in [2.75, 3.05) is 44.7 Å². The first-order valence-electron chi connectivity index (χ1n) is 9.26. The summed E-state index contributed by atoms with van der Waals surface area (Å²) in [6.07, 6.45) is 1.35. The molecule has 3 rings (SSSR count). The molecule has 2 aliphatic heterocycles. The zero-order valence-corrected chi connectivity index (χ0v) is 16.3. The molecule has 11 heteroatoms. The number of benzene rings is 1. The summed E-state index contributed by atoms with van der Waals surface area (Å²) in [5.74, 6) is -0.392. The molecule has 0 radical (unpaired) electrons. The van der Waals surface area contributed by atoms with Gasteiger partial charge in [-0.3, -0.25) is 4.84 Å². The van der Waals surface area contributed by atoms with Crippen molar-refractivity contribution in [1.29, 1.82) is 0 Å². The highest BCUT2D eigenvalue weighted by molar-refractivity contribution is 7.86. The summed E-state index contributed by atoms with van der Waals surface area (Å²) < 4.78 is 46.6. The molecule has 1 aromatic rings. The van der Waals surface area contributed by atoms with E-state index in [1.54, 1.807) is 0 Å². The molecule has 2 heterocycles. The van der Waals surface area contributed by atoms with E-state index < -0.39 is 22.1 Å². The molecule has 2 saturated heterocycles. The van der Waals surface area contributed by atoms with Crippen molar-refractivity contribution >= 4 is 21.9 Å². The van der Waals surface area contributed by atoms with Gasteiger partial charge in [0.05, 0.1) is 12.7 Å². The Balaban J connectivity index is 1.42. The predicted molar refractivity (Wildman–Crippen MR) is 100 cm³/mol. The van der Waals surface area contributed by atoms with E-state index in [1.807, 2.05) is 0 Å². The van der Waals surface area contributed by atoms with Crippen LogP contribution in [0.5, 0.6) is 0 Å². The van der Waals surface area contributed by atoms with E-state index in [0.29, 0.717) is 64.3 Å². The number of ether oxygens (including phenoxy) is 1. The SMILES string of the molecule is O=C(NOC1CCN(S(=O)(=O)N2CCCOCC2)CC1)Nc1ccc(F)cc1. The van der Waals surface area contributed by atoms with Gasteiger partial charge >= 0.3 is 6.03 Å². The van der Waals surface area contributed by atoms with Gasteiger partial charge in [-0.15, -0.1) is 0 Å². The van der Waals surface area contributed by atoms with Gasteiger partial charge in [0, 0.05) is 38.5 Å². The molecule has 0 spiro atoms. The highest BCUT2D eigenvalue weighted by Gasteiger charge is 2.33. The Morgan fingerprint density at radius 1 is 1.07 bits per heavy atom. The van der Waals surface area contributed by atoms with E-state index in [9.17, 15) is 17.6 Å². The van der Waals surface area contributed by atoms with Crippen molar-refractivity contribution in [3.63, 3.8) is 0 Å². The third kappa shape index (κ3) is 5.61. The lowest BCUT2D eigenvalue weighted by molar-refractivity contribution is -0.0251. The van der Waals surface area contributed by atoms with E-state index in [4.69, 9.17) is 9.57 Å². The van der Waals surface area contributed by atoms with Gasteiger partial charge in [-0.1, -0.05) is 0 Å². The quantitative estimate of drug-likeness (QED) is 0.705. The van der Waals surface area contributed by atoms with Crippen molar-refractivity contribution in [2.24, 2.45) is 0 Å². The monoisotopic (exact) mass is 416 g/mol.